The molecule has 3 aliphatic rings. The van der Waals surface area contributed by atoms with Crippen LogP contribution in [0.5, 0.6) is 5.75 Å². The molecular weight excluding hydrogens is 272 g/mol. The second-order valence-electron chi connectivity index (χ2n) is 7.58. The van der Waals surface area contributed by atoms with Crippen molar-refractivity contribution in [2.75, 3.05) is 0 Å². The summed E-state index contributed by atoms with van der Waals surface area (Å²) in [6, 6.07) is 5.89. The number of hydrogen-bond acceptors (Lipinski definition) is 2. The van der Waals surface area contributed by atoms with Crippen LogP contribution in [0.4, 0.5) is 0 Å². The van der Waals surface area contributed by atoms with Crippen LogP contribution in [-0.2, 0) is 11.2 Å². The second-order valence-corrected chi connectivity index (χ2v) is 7.58. The van der Waals surface area contributed by atoms with E-state index in [-0.39, 0.29) is 5.41 Å². The average molecular weight is 296 g/mol. The first kappa shape index (κ1) is 14.0. The minimum atomic E-state index is 0.0986. The molecule has 1 aromatic rings. The lowest BCUT2D eigenvalue weighted by atomic mass is 9.55. The second kappa shape index (κ2) is 4.71. The number of aryl methyl sites for hydroxylation is 1. The molecule has 2 heteroatoms. The highest BCUT2D eigenvalue weighted by Crippen LogP contribution is 2.61. The van der Waals surface area contributed by atoms with E-state index < -0.39 is 0 Å². The van der Waals surface area contributed by atoms with Gasteiger partial charge in [-0.25, -0.2) is 0 Å². The van der Waals surface area contributed by atoms with Gasteiger partial charge in [0.1, 0.15) is 5.75 Å². The van der Waals surface area contributed by atoms with Crippen molar-refractivity contribution in [3.05, 3.63) is 41.0 Å². The number of rotatable bonds is 0. The molecule has 0 bridgehead atoms. The van der Waals surface area contributed by atoms with Crippen molar-refractivity contribution >= 4 is 5.78 Å². The number of fused-ring (bicyclic) bond motifs is 5. The summed E-state index contributed by atoms with van der Waals surface area (Å²) in [7, 11) is 0. The van der Waals surface area contributed by atoms with Gasteiger partial charge in [0.25, 0.3) is 0 Å². The largest absolute Gasteiger partial charge is 0.508 e. The Morgan fingerprint density at radius 1 is 1.32 bits per heavy atom. The number of hydrogen-bond donors (Lipinski definition) is 1. The standard InChI is InChI=1S/C20H24O2/c1-3-17-19(22)11-18-16-6-4-12-10-13(21)5-7-14(12)15(16)8-9-20(17,18)2/h3,5,7,10,15-16,18,21H,4,6,8-9,11H2,1-2H3/b17-3+/t15-,16-,18+,20-/m1/s1. The maximum atomic E-state index is 12.4. The van der Waals surface area contributed by atoms with Gasteiger partial charge in [-0.1, -0.05) is 19.1 Å². The molecule has 0 saturated heterocycles. The predicted octanol–water partition coefficient (Wildman–Crippen LogP) is 4.37. The first-order valence-corrected chi connectivity index (χ1v) is 8.56. The zero-order chi connectivity index (χ0) is 15.5. The van der Waals surface area contributed by atoms with E-state index in [0.717, 1.165) is 31.3 Å². The molecule has 2 fully saturated rings. The quantitative estimate of drug-likeness (QED) is 0.722. The zero-order valence-corrected chi connectivity index (χ0v) is 13.4. The van der Waals surface area contributed by atoms with E-state index in [1.54, 1.807) is 0 Å². The molecule has 0 radical (unpaired) electrons. The Balaban J connectivity index is 1.74. The van der Waals surface area contributed by atoms with E-state index in [4.69, 9.17) is 0 Å². The summed E-state index contributed by atoms with van der Waals surface area (Å²) in [6.07, 6.45) is 7.29. The van der Waals surface area contributed by atoms with Crippen molar-refractivity contribution in [1.29, 1.82) is 0 Å². The van der Waals surface area contributed by atoms with E-state index in [1.165, 1.54) is 17.5 Å². The Morgan fingerprint density at radius 3 is 2.91 bits per heavy atom. The van der Waals surface area contributed by atoms with Crippen LogP contribution in [0.25, 0.3) is 0 Å². The SMILES string of the molecule is C/C=C1\C(=O)C[C@H]2[C@@H]3CCc4cc(O)ccc4[C@H]3CC[C@]12C. The lowest BCUT2D eigenvalue weighted by Crippen LogP contribution is -2.40. The minimum Gasteiger partial charge on any atom is -0.508 e. The summed E-state index contributed by atoms with van der Waals surface area (Å²) < 4.78 is 0. The van der Waals surface area contributed by atoms with Crippen LogP contribution in [0.2, 0.25) is 0 Å². The monoisotopic (exact) mass is 296 g/mol. The van der Waals surface area contributed by atoms with Gasteiger partial charge >= 0.3 is 0 Å². The third-order valence-corrected chi connectivity index (χ3v) is 6.71. The molecule has 1 aromatic carbocycles. The van der Waals surface area contributed by atoms with Crippen LogP contribution in [0.3, 0.4) is 0 Å². The number of aromatic hydroxyl groups is 1. The van der Waals surface area contributed by atoms with Crippen LogP contribution in [0.1, 0.15) is 56.6 Å². The first-order chi connectivity index (χ1) is 10.5. The summed E-state index contributed by atoms with van der Waals surface area (Å²) in [5.41, 5.74) is 3.94. The van der Waals surface area contributed by atoms with E-state index >= 15 is 0 Å². The summed E-state index contributed by atoms with van der Waals surface area (Å²) in [5.74, 6) is 2.47. The first-order valence-electron chi connectivity index (χ1n) is 8.56. The molecule has 2 saturated carbocycles. The highest BCUT2D eigenvalue weighted by atomic mass is 16.3. The molecule has 0 heterocycles. The number of carbonyl (C=O) groups excluding carboxylic acids is 1. The van der Waals surface area contributed by atoms with Crippen molar-refractivity contribution in [2.24, 2.45) is 17.3 Å². The van der Waals surface area contributed by atoms with Crippen molar-refractivity contribution < 1.29 is 9.90 Å². The van der Waals surface area contributed by atoms with Gasteiger partial charge in [0.2, 0.25) is 0 Å². The fourth-order valence-electron chi connectivity index (χ4n) is 5.72. The zero-order valence-electron chi connectivity index (χ0n) is 13.4. The van der Waals surface area contributed by atoms with Gasteiger partial charge in [0, 0.05) is 6.42 Å². The fourth-order valence-corrected chi connectivity index (χ4v) is 5.72. The van der Waals surface area contributed by atoms with E-state index in [2.05, 4.69) is 19.1 Å². The average Bonchev–Trinajstić information content (AvgIpc) is 2.76. The van der Waals surface area contributed by atoms with Gasteiger partial charge in [0.05, 0.1) is 0 Å². The van der Waals surface area contributed by atoms with Crippen molar-refractivity contribution in [3.63, 3.8) is 0 Å². The highest BCUT2D eigenvalue weighted by Gasteiger charge is 2.55. The Morgan fingerprint density at radius 2 is 2.14 bits per heavy atom. The predicted molar refractivity (Wildman–Crippen MR) is 86.9 cm³/mol. The number of phenolic OH excluding ortho intramolecular Hbond substituents is 1. The number of allylic oxidation sites excluding steroid dienone is 2. The van der Waals surface area contributed by atoms with Gasteiger partial charge in [-0.2, -0.15) is 0 Å². The van der Waals surface area contributed by atoms with Gasteiger partial charge in [-0.05, 0) is 84.6 Å². The van der Waals surface area contributed by atoms with Gasteiger partial charge in [0.15, 0.2) is 5.78 Å². The summed E-state index contributed by atoms with van der Waals surface area (Å²) in [4.78, 5) is 12.4. The van der Waals surface area contributed by atoms with Crippen molar-refractivity contribution in [2.45, 2.75) is 51.9 Å². The number of phenols is 1. The maximum absolute atomic E-state index is 12.4. The van der Waals surface area contributed by atoms with Gasteiger partial charge < -0.3 is 5.11 Å². The molecule has 4 rings (SSSR count). The normalized spacial score (nSPS) is 38.5. The molecule has 0 aromatic heterocycles. The van der Waals surface area contributed by atoms with E-state index in [9.17, 15) is 9.90 Å². The number of carbonyl (C=O) groups is 1. The molecule has 116 valence electrons. The van der Waals surface area contributed by atoms with Crippen LogP contribution < -0.4 is 0 Å². The van der Waals surface area contributed by atoms with Crippen LogP contribution >= 0.6 is 0 Å². The van der Waals surface area contributed by atoms with Crippen molar-refractivity contribution in [1.82, 2.24) is 0 Å². The molecule has 0 amide bonds. The summed E-state index contributed by atoms with van der Waals surface area (Å²) in [6.45, 7) is 4.34. The third-order valence-electron chi connectivity index (χ3n) is 6.71. The molecule has 0 aliphatic heterocycles. The lowest BCUT2D eigenvalue weighted by molar-refractivity contribution is -0.115. The van der Waals surface area contributed by atoms with E-state index in [0.29, 0.717) is 29.3 Å². The molecule has 0 unspecified atom stereocenters. The molecule has 1 N–H and O–H groups in total. The molecule has 4 atom stereocenters. The Hall–Kier alpha value is -1.57. The minimum absolute atomic E-state index is 0.0986. The molecule has 3 aliphatic carbocycles. The smallest absolute Gasteiger partial charge is 0.159 e. The summed E-state index contributed by atoms with van der Waals surface area (Å²) in [5, 5.41) is 9.72. The number of benzene rings is 1. The molecular formula is C20H24O2. The van der Waals surface area contributed by atoms with Crippen LogP contribution in [0, 0.1) is 17.3 Å². The highest BCUT2D eigenvalue weighted by molar-refractivity contribution is 5.99. The molecule has 22 heavy (non-hydrogen) atoms. The van der Waals surface area contributed by atoms with Crippen LogP contribution in [-0.4, -0.2) is 10.9 Å². The van der Waals surface area contributed by atoms with Crippen molar-refractivity contribution in [3.8, 4) is 5.75 Å². The lowest BCUT2D eigenvalue weighted by Gasteiger charge is -2.49. The topological polar surface area (TPSA) is 37.3 Å². The van der Waals surface area contributed by atoms with Gasteiger partial charge in [-0.3, -0.25) is 4.79 Å². The number of ketones is 1. The third kappa shape index (κ3) is 1.76. The Kier molecular flexibility index (Phi) is 3.01. The van der Waals surface area contributed by atoms with Crippen LogP contribution in [0.15, 0.2) is 29.8 Å². The number of Topliss-reactive ketones (excluding diaryl/α,β-unsaturated/α-hetero) is 1. The Labute approximate surface area is 132 Å². The molecule has 0 spiro atoms. The van der Waals surface area contributed by atoms with Gasteiger partial charge in [-0.15, -0.1) is 0 Å². The van der Waals surface area contributed by atoms with E-state index in [1.807, 2.05) is 19.1 Å². The summed E-state index contributed by atoms with van der Waals surface area (Å²) >= 11 is 0. The maximum Gasteiger partial charge on any atom is 0.159 e. The molecule has 2 nitrogen and oxygen atoms in total. The Bertz CT molecular complexity index is 672. The fraction of sp³-hybridized carbons (Fsp3) is 0.550.